The van der Waals surface area contributed by atoms with E-state index in [1.165, 1.54) is 0 Å². The molecule has 1 aromatic rings. The summed E-state index contributed by atoms with van der Waals surface area (Å²) in [6.45, 7) is 5.67. The average molecular weight is 234 g/mol. The van der Waals surface area contributed by atoms with Gasteiger partial charge in [-0.3, -0.25) is 0 Å². The summed E-state index contributed by atoms with van der Waals surface area (Å²) < 4.78 is 10.8. The number of benzene rings is 1. The van der Waals surface area contributed by atoms with Gasteiger partial charge in [0.05, 0.1) is 6.61 Å². The number of hydrogen-bond donors (Lipinski definition) is 1. The normalized spacial score (nSPS) is 9.59. The van der Waals surface area contributed by atoms with E-state index >= 15 is 0 Å². The number of rotatable bonds is 5. The van der Waals surface area contributed by atoms with Crippen molar-refractivity contribution in [2.75, 3.05) is 26.4 Å². The summed E-state index contributed by atoms with van der Waals surface area (Å²) in [5.41, 5.74) is 1.92. The topological polar surface area (TPSA) is 38.7 Å². The molecule has 0 saturated carbocycles. The Morgan fingerprint density at radius 2 is 2.12 bits per heavy atom. The van der Waals surface area contributed by atoms with E-state index in [9.17, 15) is 0 Å². The zero-order valence-corrected chi connectivity index (χ0v) is 10.3. The van der Waals surface area contributed by atoms with Crippen LogP contribution in [-0.2, 0) is 4.74 Å². The van der Waals surface area contributed by atoms with Crippen LogP contribution in [-0.4, -0.2) is 31.5 Å². The first kappa shape index (κ1) is 13.6. The van der Waals surface area contributed by atoms with Crippen LogP contribution in [0.1, 0.15) is 18.1 Å². The molecule has 17 heavy (non-hydrogen) atoms. The summed E-state index contributed by atoms with van der Waals surface area (Å²) in [4.78, 5) is 0. The van der Waals surface area contributed by atoms with Gasteiger partial charge in [-0.15, -0.1) is 0 Å². The molecule has 0 heterocycles. The summed E-state index contributed by atoms with van der Waals surface area (Å²) in [5, 5.41) is 8.61. The van der Waals surface area contributed by atoms with E-state index in [2.05, 4.69) is 11.8 Å². The summed E-state index contributed by atoms with van der Waals surface area (Å²) in [7, 11) is 0. The smallest absolute Gasteiger partial charge is 0.122 e. The molecule has 0 bridgehead atoms. The molecule has 1 rings (SSSR count). The minimum absolute atomic E-state index is 0.119. The molecule has 0 aliphatic rings. The number of aliphatic hydroxyl groups is 1. The van der Waals surface area contributed by atoms with Crippen molar-refractivity contribution in [2.45, 2.75) is 13.8 Å². The molecule has 1 aromatic carbocycles. The highest BCUT2D eigenvalue weighted by Gasteiger charge is 1.99. The largest absolute Gasteiger partial charge is 0.491 e. The number of hydrogen-bond acceptors (Lipinski definition) is 3. The molecule has 0 saturated heterocycles. The van der Waals surface area contributed by atoms with E-state index in [1.54, 1.807) is 0 Å². The van der Waals surface area contributed by atoms with Gasteiger partial charge in [-0.2, -0.15) is 0 Å². The summed E-state index contributed by atoms with van der Waals surface area (Å²) >= 11 is 0. The Morgan fingerprint density at radius 1 is 1.29 bits per heavy atom. The maximum atomic E-state index is 8.61. The fourth-order valence-electron chi connectivity index (χ4n) is 1.39. The Bertz CT molecular complexity index is 402. The van der Waals surface area contributed by atoms with Gasteiger partial charge in [-0.25, -0.2) is 0 Å². The second-order valence-corrected chi connectivity index (χ2v) is 3.49. The van der Waals surface area contributed by atoms with E-state index in [0.717, 1.165) is 16.9 Å². The summed E-state index contributed by atoms with van der Waals surface area (Å²) in [5.74, 6) is 6.32. The first-order valence-corrected chi connectivity index (χ1v) is 5.69. The molecule has 0 radical (unpaired) electrons. The van der Waals surface area contributed by atoms with Crippen LogP contribution in [0.15, 0.2) is 18.2 Å². The molecular weight excluding hydrogens is 216 g/mol. The summed E-state index contributed by atoms with van der Waals surface area (Å²) in [6, 6.07) is 5.72. The highest BCUT2D eigenvalue weighted by atomic mass is 16.5. The van der Waals surface area contributed by atoms with Crippen molar-refractivity contribution in [3.8, 4) is 17.6 Å². The minimum atomic E-state index is -0.119. The SMILES string of the molecule is CCOCCOc1ccc(C#CCO)cc1C. The van der Waals surface area contributed by atoms with Gasteiger partial charge in [-0.1, -0.05) is 11.8 Å². The maximum Gasteiger partial charge on any atom is 0.122 e. The van der Waals surface area contributed by atoms with Gasteiger partial charge < -0.3 is 14.6 Å². The first-order valence-electron chi connectivity index (χ1n) is 5.69. The number of aliphatic hydroxyl groups excluding tert-OH is 1. The van der Waals surface area contributed by atoms with Crippen LogP contribution in [0.4, 0.5) is 0 Å². The molecule has 0 aliphatic carbocycles. The monoisotopic (exact) mass is 234 g/mol. The number of ether oxygens (including phenoxy) is 2. The zero-order valence-electron chi connectivity index (χ0n) is 10.3. The quantitative estimate of drug-likeness (QED) is 0.623. The molecule has 92 valence electrons. The molecule has 0 aromatic heterocycles. The second kappa shape index (κ2) is 7.72. The first-order chi connectivity index (χ1) is 8.27. The zero-order chi connectivity index (χ0) is 12.5. The Balaban J connectivity index is 2.57. The minimum Gasteiger partial charge on any atom is -0.491 e. The van der Waals surface area contributed by atoms with Gasteiger partial charge in [0.25, 0.3) is 0 Å². The van der Waals surface area contributed by atoms with Crippen molar-refractivity contribution in [3.63, 3.8) is 0 Å². The van der Waals surface area contributed by atoms with Crippen molar-refractivity contribution >= 4 is 0 Å². The predicted octanol–water partition coefficient (Wildman–Crippen LogP) is 1.75. The van der Waals surface area contributed by atoms with Crippen molar-refractivity contribution < 1.29 is 14.6 Å². The number of aryl methyl sites for hydroxylation is 1. The molecule has 0 atom stereocenters. The van der Waals surface area contributed by atoms with Crippen molar-refractivity contribution in [3.05, 3.63) is 29.3 Å². The fraction of sp³-hybridized carbons (Fsp3) is 0.429. The van der Waals surface area contributed by atoms with Gasteiger partial charge in [0.15, 0.2) is 0 Å². The van der Waals surface area contributed by atoms with Crippen molar-refractivity contribution in [1.82, 2.24) is 0 Å². The van der Waals surface area contributed by atoms with Crippen LogP contribution in [0.5, 0.6) is 5.75 Å². The fourth-order valence-corrected chi connectivity index (χ4v) is 1.39. The highest BCUT2D eigenvalue weighted by Crippen LogP contribution is 2.18. The van der Waals surface area contributed by atoms with Crippen LogP contribution in [0.25, 0.3) is 0 Å². The highest BCUT2D eigenvalue weighted by molar-refractivity contribution is 5.43. The molecule has 0 unspecified atom stereocenters. The third-order valence-electron chi connectivity index (χ3n) is 2.18. The molecule has 3 nitrogen and oxygen atoms in total. The molecular formula is C14H18O3. The molecule has 1 N–H and O–H groups in total. The third kappa shape index (κ3) is 4.90. The van der Waals surface area contributed by atoms with Gasteiger partial charge in [0.2, 0.25) is 0 Å². The van der Waals surface area contributed by atoms with Gasteiger partial charge in [0.1, 0.15) is 19.0 Å². The lowest BCUT2D eigenvalue weighted by molar-refractivity contribution is 0.110. The van der Waals surface area contributed by atoms with Crippen LogP contribution in [0.2, 0.25) is 0 Å². The molecule has 3 heteroatoms. The Labute approximate surface area is 102 Å². The van der Waals surface area contributed by atoms with Crippen LogP contribution < -0.4 is 4.74 Å². The molecule has 0 aliphatic heterocycles. The van der Waals surface area contributed by atoms with Crippen LogP contribution >= 0.6 is 0 Å². The van der Waals surface area contributed by atoms with E-state index in [4.69, 9.17) is 14.6 Å². The van der Waals surface area contributed by atoms with E-state index in [1.807, 2.05) is 32.0 Å². The standard InChI is InChI=1S/C14H18O3/c1-3-16-9-10-17-14-7-6-13(5-4-8-15)11-12(14)2/h6-7,11,15H,3,8-10H2,1-2H3. The molecule has 0 spiro atoms. The average Bonchev–Trinajstić information content (AvgIpc) is 2.34. The van der Waals surface area contributed by atoms with E-state index < -0.39 is 0 Å². The van der Waals surface area contributed by atoms with Gasteiger partial charge >= 0.3 is 0 Å². The third-order valence-corrected chi connectivity index (χ3v) is 2.18. The van der Waals surface area contributed by atoms with Crippen molar-refractivity contribution in [2.24, 2.45) is 0 Å². The van der Waals surface area contributed by atoms with E-state index in [-0.39, 0.29) is 6.61 Å². The molecule has 0 fully saturated rings. The summed E-state index contributed by atoms with van der Waals surface area (Å²) in [6.07, 6.45) is 0. The van der Waals surface area contributed by atoms with Gasteiger partial charge in [0, 0.05) is 12.2 Å². The van der Waals surface area contributed by atoms with Crippen molar-refractivity contribution in [1.29, 1.82) is 0 Å². The van der Waals surface area contributed by atoms with Gasteiger partial charge in [-0.05, 0) is 37.6 Å². The Kier molecular flexibility index (Phi) is 6.16. The maximum absolute atomic E-state index is 8.61. The van der Waals surface area contributed by atoms with E-state index in [0.29, 0.717) is 19.8 Å². The second-order valence-electron chi connectivity index (χ2n) is 3.49. The lowest BCUT2D eigenvalue weighted by Gasteiger charge is -2.09. The lowest BCUT2D eigenvalue weighted by atomic mass is 10.1. The predicted molar refractivity (Wildman–Crippen MR) is 67.1 cm³/mol. The van der Waals surface area contributed by atoms with Crippen LogP contribution in [0, 0.1) is 18.8 Å². The van der Waals surface area contributed by atoms with Crippen LogP contribution in [0.3, 0.4) is 0 Å². The Morgan fingerprint density at radius 3 is 2.76 bits per heavy atom. The Hall–Kier alpha value is -1.50. The lowest BCUT2D eigenvalue weighted by Crippen LogP contribution is -2.07. The molecule has 0 amide bonds.